The van der Waals surface area contributed by atoms with Crippen molar-refractivity contribution in [3.63, 3.8) is 0 Å². The third kappa shape index (κ3) is 4.45. The summed E-state index contributed by atoms with van der Waals surface area (Å²) >= 11 is 0. The van der Waals surface area contributed by atoms with Crippen molar-refractivity contribution in [2.75, 3.05) is 38.7 Å². The van der Waals surface area contributed by atoms with Gasteiger partial charge in [0.1, 0.15) is 0 Å². The number of ether oxygens (including phenoxy) is 1. The summed E-state index contributed by atoms with van der Waals surface area (Å²) in [6.45, 7) is 1.03. The number of piperidine rings is 1. The Kier molecular flexibility index (Phi) is 5.78. The van der Waals surface area contributed by atoms with Crippen LogP contribution in [0.15, 0.2) is 6.07 Å². The Bertz CT molecular complexity index is 685. The Morgan fingerprint density at radius 3 is 2.74 bits per heavy atom. The Balaban J connectivity index is 1.75. The zero-order chi connectivity index (χ0) is 19.6. The SMILES string of the molecule is COc1nc(N2CCC(F)(F)CC2)c(F)cc1CN(C)C(=O)[C@@H]1CCCN1. The number of hydrogen-bond acceptors (Lipinski definition) is 5. The molecule has 1 atom stereocenters. The molecule has 0 radical (unpaired) electrons. The highest BCUT2D eigenvalue weighted by molar-refractivity contribution is 5.82. The molecule has 0 unspecified atom stereocenters. The van der Waals surface area contributed by atoms with E-state index in [0.717, 1.165) is 19.4 Å². The van der Waals surface area contributed by atoms with E-state index in [1.165, 1.54) is 23.0 Å². The molecule has 1 aromatic heterocycles. The first-order chi connectivity index (χ1) is 12.8. The monoisotopic (exact) mass is 386 g/mol. The lowest BCUT2D eigenvalue weighted by atomic mass is 10.1. The van der Waals surface area contributed by atoms with Crippen LogP contribution in [0.5, 0.6) is 5.88 Å². The maximum Gasteiger partial charge on any atom is 0.251 e. The quantitative estimate of drug-likeness (QED) is 0.841. The summed E-state index contributed by atoms with van der Waals surface area (Å²) in [5.74, 6) is -3.16. The number of methoxy groups -OCH3 is 1. The molecule has 2 fully saturated rings. The zero-order valence-electron chi connectivity index (χ0n) is 15.6. The van der Waals surface area contributed by atoms with Gasteiger partial charge in [-0.1, -0.05) is 0 Å². The lowest BCUT2D eigenvalue weighted by Crippen LogP contribution is -2.41. The third-order valence-electron chi connectivity index (χ3n) is 5.13. The van der Waals surface area contributed by atoms with Gasteiger partial charge in [0.05, 0.1) is 19.7 Å². The van der Waals surface area contributed by atoms with E-state index in [1.54, 1.807) is 7.05 Å². The number of rotatable bonds is 5. The molecule has 0 bridgehead atoms. The van der Waals surface area contributed by atoms with Crippen LogP contribution in [0.2, 0.25) is 0 Å². The van der Waals surface area contributed by atoms with Crippen molar-refractivity contribution in [1.29, 1.82) is 0 Å². The molecule has 2 saturated heterocycles. The number of hydrogen-bond donors (Lipinski definition) is 1. The van der Waals surface area contributed by atoms with Crippen molar-refractivity contribution in [1.82, 2.24) is 15.2 Å². The Morgan fingerprint density at radius 2 is 2.15 bits per heavy atom. The third-order valence-corrected chi connectivity index (χ3v) is 5.13. The Morgan fingerprint density at radius 1 is 1.44 bits per heavy atom. The predicted octanol–water partition coefficient (Wildman–Crippen LogP) is 2.18. The molecule has 0 saturated carbocycles. The van der Waals surface area contributed by atoms with Gasteiger partial charge >= 0.3 is 0 Å². The van der Waals surface area contributed by atoms with Gasteiger partial charge in [-0.15, -0.1) is 0 Å². The minimum Gasteiger partial charge on any atom is -0.481 e. The van der Waals surface area contributed by atoms with Crippen LogP contribution < -0.4 is 15.0 Å². The van der Waals surface area contributed by atoms with Crippen LogP contribution in [0.1, 0.15) is 31.2 Å². The van der Waals surface area contributed by atoms with Crippen LogP contribution in [-0.4, -0.2) is 61.5 Å². The normalized spacial score (nSPS) is 22.0. The molecule has 27 heavy (non-hydrogen) atoms. The standard InChI is InChI=1S/C18H25F3N4O2/c1-24(17(26)14-4-3-7-22-14)11-12-10-13(19)15(23-16(12)27-2)25-8-5-18(20,21)6-9-25/h10,14,22H,3-9,11H2,1-2H3/t14-/m0/s1. The summed E-state index contributed by atoms with van der Waals surface area (Å²) in [5, 5.41) is 3.14. The van der Waals surface area contributed by atoms with Crippen LogP contribution >= 0.6 is 0 Å². The molecule has 150 valence electrons. The smallest absolute Gasteiger partial charge is 0.251 e. The molecule has 9 heteroatoms. The molecule has 3 heterocycles. The number of amides is 1. The highest BCUT2D eigenvalue weighted by atomic mass is 19.3. The molecule has 3 rings (SSSR count). The van der Waals surface area contributed by atoms with Crippen molar-refractivity contribution in [3.05, 3.63) is 17.4 Å². The van der Waals surface area contributed by atoms with Gasteiger partial charge in [0.2, 0.25) is 11.8 Å². The Labute approximate surface area is 156 Å². The first-order valence-corrected chi connectivity index (χ1v) is 9.15. The molecule has 2 aliphatic rings. The van der Waals surface area contributed by atoms with Gasteiger partial charge in [0.25, 0.3) is 5.92 Å². The number of carbonyl (C=O) groups excluding carboxylic acids is 1. The average Bonchev–Trinajstić information content (AvgIpc) is 3.16. The average molecular weight is 386 g/mol. The number of carbonyl (C=O) groups is 1. The van der Waals surface area contributed by atoms with Crippen molar-refractivity contribution < 1.29 is 22.7 Å². The predicted molar refractivity (Wildman–Crippen MR) is 94.6 cm³/mol. The minimum atomic E-state index is -2.71. The van der Waals surface area contributed by atoms with Crippen molar-refractivity contribution in [3.8, 4) is 5.88 Å². The second kappa shape index (κ2) is 7.92. The van der Waals surface area contributed by atoms with E-state index in [0.29, 0.717) is 5.56 Å². The zero-order valence-corrected chi connectivity index (χ0v) is 15.6. The van der Waals surface area contributed by atoms with Crippen LogP contribution in [0.3, 0.4) is 0 Å². The fraction of sp³-hybridized carbons (Fsp3) is 0.667. The number of pyridine rings is 1. The van der Waals surface area contributed by atoms with Crippen molar-refractivity contribution in [2.45, 2.75) is 44.2 Å². The topological polar surface area (TPSA) is 57.7 Å². The molecule has 1 N–H and O–H groups in total. The van der Waals surface area contributed by atoms with Gasteiger partial charge in [0.15, 0.2) is 11.6 Å². The summed E-state index contributed by atoms with van der Waals surface area (Å²) in [6.07, 6.45) is 1.08. The molecular weight excluding hydrogens is 361 g/mol. The largest absolute Gasteiger partial charge is 0.481 e. The van der Waals surface area contributed by atoms with E-state index < -0.39 is 11.7 Å². The number of nitrogens with zero attached hydrogens (tertiary/aromatic N) is 3. The van der Waals surface area contributed by atoms with E-state index in [9.17, 15) is 18.0 Å². The van der Waals surface area contributed by atoms with E-state index in [-0.39, 0.29) is 56.1 Å². The molecule has 1 amide bonds. The number of nitrogens with one attached hydrogen (secondary N) is 1. The van der Waals surface area contributed by atoms with E-state index in [1.807, 2.05) is 0 Å². The second-order valence-corrected chi connectivity index (χ2v) is 7.15. The van der Waals surface area contributed by atoms with E-state index in [2.05, 4.69) is 10.3 Å². The fourth-order valence-electron chi connectivity index (χ4n) is 3.55. The number of aromatic nitrogens is 1. The van der Waals surface area contributed by atoms with Crippen LogP contribution in [0, 0.1) is 5.82 Å². The van der Waals surface area contributed by atoms with Crippen LogP contribution in [-0.2, 0) is 11.3 Å². The molecular formula is C18H25F3N4O2. The number of anilines is 1. The van der Waals surface area contributed by atoms with Crippen LogP contribution in [0.25, 0.3) is 0 Å². The Hall–Kier alpha value is -2.03. The molecule has 0 spiro atoms. The lowest BCUT2D eigenvalue weighted by molar-refractivity contribution is -0.132. The van der Waals surface area contributed by atoms with E-state index >= 15 is 0 Å². The summed E-state index contributed by atoms with van der Waals surface area (Å²) < 4.78 is 46.6. The summed E-state index contributed by atoms with van der Waals surface area (Å²) in [7, 11) is 3.07. The number of halogens is 3. The minimum absolute atomic E-state index is 0.0116. The van der Waals surface area contributed by atoms with Crippen LogP contribution in [0.4, 0.5) is 19.0 Å². The highest BCUT2D eigenvalue weighted by Gasteiger charge is 2.35. The van der Waals surface area contributed by atoms with Gasteiger partial charge in [-0.05, 0) is 25.5 Å². The summed E-state index contributed by atoms with van der Waals surface area (Å²) in [4.78, 5) is 19.7. The van der Waals surface area contributed by atoms with Gasteiger partial charge in [-0.3, -0.25) is 4.79 Å². The first-order valence-electron chi connectivity index (χ1n) is 9.15. The van der Waals surface area contributed by atoms with Gasteiger partial charge in [0, 0.05) is 38.5 Å². The summed E-state index contributed by atoms with van der Waals surface area (Å²) in [5.41, 5.74) is 0.440. The highest BCUT2D eigenvalue weighted by Crippen LogP contribution is 2.32. The summed E-state index contributed by atoms with van der Waals surface area (Å²) in [6, 6.07) is 1.06. The first kappa shape index (κ1) is 19.7. The van der Waals surface area contributed by atoms with Crippen molar-refractivity contribution >= 4 is 11.7 Å². The molecule has 0 aliphatic carbocycles. The molecule has 6 nitrogen and oxygen atoms in total. The number of likely N-dealkylation sites (N-methyl/N-ethyl adjacent to an activating group) is 1. The molecule has 2 aliphatic heterocycles. The molecule has 0 aromatic carbocycles. The van der Waals surface area contributed by atoms with Gasteiger partial charge < -0.3 is 19.9 Å². The maximum atomic E-state index is 14.6. The maximum absolute atomic E-state index is 14.6. The van der Waals surface area contributed by atoms with Gasteiger partial charge in [-0.2, -0.15) is 4.98 Å². The molecule has 1 aromatic rings. The van der Waals surface area contributed by atoms with Crippen molar-refractivity contribution in [2.24, 2.45) is 0 Å². The number of alkyl halides is 2. The fourth-order valence-corrected chi connectivity index (χ4v) is 3.55. The lowest BCUT2D eigenvalue weighted by Gasteiger charge is -2.33. The van der Waals surface area contributed by atoms with E-state index in [4.69, 9.17) is 4.74 Å². The van der Waals surface area contributed by atoms with Gasteiger partial charge in [-0.25, -0.2) is 13.2 Å². The second-order valence-electron chi connectivity index (χ2n) is 7.15.